The fourth-order valence-corrected chi connectivity index (χ4v) is 1.27. The summed E-state index contributed by atoms with van der Waals surface area (Å²) in [6.45, 7) is 0. The number of allylic oxidation sites excluding steroid dienone is 4. The zero-order valence-electron chi connectivity index (χ0n) is 4.75. The molecule has 0 heteroatoms. The van der Waals surface area contributed by atoms with Gasteiger partial charge in [-0.1, -0.05) is 12.2 Å². The lowest BCUT2D eigenvalue weighted by atomic mass is 9.76. The van der Waals surface area contributed by atoms with Gasteiger partial charge in [0.15, 0.2) is 0 Å². The molecule has 0 spiro atoms. The molecule has 0 nitrogen and oxygen atoms in total. The zero-order valence-corrected chi connectivity index (χ0v) is 4.75. The summed E-state index contributed by atoms with van der Waals surface area (Å²) in [5.74, 6) is 1.56. The molecule has 0 N–H and O–H groups in total. The van der Waals surface area contributed by atoms with Gasteiger partial charge in [-0.15, -0.1) is 0 Å². The molecule has 2 rings (SSSR count). The van der Waals surface area contributed by atoms with E-state index < -0.39 is 0 Å². The van der Waals surface area contributed by atoms with E-state index in [0.717, 1.165) is 11.8 Å². The van der Waals surface area contributed by atoms with Gasteiger partial charge in [-0.25, -0.2) is 0 Å². The van der Waals surface area contributed by atoms with Crippen molar-refractivity contribution in [1.82, 2.24) is 0 Å². The highest BCUT2D eigenvalue weighted by molar-refractivity contribution is 5.24. The van der Waals surface area contributed by atoms with Crippen molar-refractivity contribution in [2.24, 2.45) is 11.8 Å². The highest BCUT2D eigenvalue weighted by Gasteiger charge is 2.30. The molecule has 0 aromatic carbocycles. The lowest BCUT2D eigenvalue weighted by molar-refractivity contribution is 0.543. The molecule has 0 saturated heterocycles. The van der Waals surface area contributed by atoms with E-state index in [1.807, 2.05) is 0 Å². The largest absolute Gasteiger partial charge is 0.126 e. The number of rotatable bonds is 0. The second-order valence-electron chi connectivity index (χ2n) is 2.44. The third kappa shape index (κ3) is 0.430. The van der Waals surface area contributed by atoms with Gasteiger partial charge in [0.1, 0.15) is 12.3 Å². The molecule has 0 aromatic rings. The van der Waals surface area contributed by atoms with Gasteiger partial charge >= 0.3 is 0 Å². The van der Waals surface area contributed by atoms with E-state index in [1.165, 1.54) is 6.42 Å². The van der Waals surface area contributed by atoms with Crippen molar-refractivity contribution in [1.29, 1.82) is 0 Å². The minimum Gasteiger partial charge on any atom is -0.0726 e. The van der Waals surface area contributed by atoms with Gasteiger partial charge in [-0.05, 0) is 12.2 Å². The van der Waals surface area contributed by atoms with Crippen LogP contribution < -0.4 is 0 Å². The normalized spacial score (nSPS) is 40.0. The average molecular weight is 105 g/mol. The molecule has 0 unspecified atom stereocenters. The lowest BCUT2D eigenvalue weighted by Gasteiger charge is -2.21. The van der Waals surface area contributed by atoms with Crippen molar-refractivity contribution < 1.29 is 0 Å². The van der Waals surface area contributed by atoms with Crippen LogP contribution in [0.5, 0.6) is 0 Å². The van der Waals surface area contributed by atoms with Crippen LogP contribution in [0.1, 0.15) is 6.42 Å². The smallest absolute Gasteiger partial charge is 0.0726 e. The van der Waals surface area contributed by atoms with Crippen LogP contribution in [-0.4, -0.2) is 0 Å². The summed E-state index contributed by atoms with van der Waals surface area (Å²) in [6, 6.07) is 0. The summed E-state index contributed by atoms with van der Waals surface area (Å²) in [6.07, 6.45) is 12.6. The molecular weight excluding hydrogens is 96.1 g/mol. The Kier molecular flexibility index (Phi) is 0.750. The molecule has 0 saturated carbocycles. The Hall–Kier alpha value is -0.650. The third-order valence-electron chi connectivity index (χ3n) is 1.90. The summed E-state index contributed by atoms with van der Waals surface area (Å²) >= 11 is 0. The Morgan fingerprint density at radius 3 is 2.62 bits per heavy atom. The Bertz CT molecular complexity index is 142. The van der Waals surface area contributed by atoms with Crippen molar-refractivity contribution in [3.8, 4) is 0 Å². The molecule has 0 amide bonds. The number of fused-ring (bicyclic) bond motifs is 1. The fraction of sp³-hybridized carbons (Fsp3) is 0.375. The van der Waals surface area contributed by atoms with E-state index in [4.69, 9.17) is 0 Å². The standard InChI is InChI=1S/C8H9/c1-2-4-8-6-5-7(8)3-1/h1,3-8H,2H2/q+1/t7-,8+/m0/s1. The van der Waals surface area contributed by atoms with E-state index in [0.29, 0.717) is 0 Å². The second kappa shape index (κ2) is 1.41. The highest BCUT2D eigenvalue weighted by Crippen LogP contribution is 2.33. The van der Waals surface area contributed by atoms with Crippen molar-refractivity contribution in [2.45, 2.75) is 6.42 Å². The van der Waals surface area contributed by atoms with Gasteiger partial charge in [-0.3, -0.25) is 0 Å². The predicted octanol–water partition coefficient (Wildman–Crippen LogP) is 1.95. The van der Waals surface area contributed by atoms with Crippen molar-refractivity contribution in [3.63, 3.8) is 0 Å². The van der Waals surface area contributed by atoms with Gasteiger partial charge < -0.3 is 0 Å². The monoisotopic (exact) mass is 105 g/mol. The van der Waals surface area contributed by atoms with Gasteiger partial charge in [0, 0.05) is 5.92 Å². The Morgan fingerprint density at radius 2 is 2.25 bits per heavy atom. The average Bonchev–Trinajstić information content (AvgIpc) is 1.72. The molecule has 0 heterocycles. The Balaban J connectivity index is 2.19. The molecule has 2 aliphatic carbocycles. The Labute approximate surface area is 49.9 Å². The van der Waals surface area contributed by atoms with Crippen LogP contribution in [-0.2, 0) is 0 Å². The first kappa shape index (κ1) is 4.25. The first-order valence-corrected chi connectivity index (χ1v) is 3.15. The first-order chi connectivity index (χ1) is 3.97. The van der Waals surface area contributed by atoms with E-state index in [2.05, 4.69) is 30.7 Å². The number of hydrogen-bond acceptors (Lipinski definition) is 0. The van der Waals surface area contributed by atoms with E-state index in [-0.39, 0.29) is 0 Å². The van der Waals surface area contributed by atoms with Crippen molar-refractivity contribution >= 4 is 0 Å². The first-order valence-electron chi connectivity index (χ1n) is 3.15. The van der Waals surface area contributed by atoms with E-state index >= 15 is 0 Å². The van der Waals surface area contributed by atoms with E-state index in [9.17, 15) is 0 Å². The molecule has 8 heavy (non-hydrogen) atoms. The molecule has 40 valence electrons. The minimum atomic E-state index is 0.767. The molecule has 0 bridgehead atoms. The maximum Gasteiger partial charge on any atom is 0.126 e. The van der Waals surface area contributed by atoms with Crippen LogP contribution in [0, 0.1) is 18.3 Å². The second-order valence-corrected chi connectivity index (χ2v) is 2.44. The summed E-state index contributed by atoms with van der Waals surface area (Å²) < 4.78 is 0. The van der Waals surface area contributed by atoms with Crippen LogP contribution >= 0.6 is 0 Å². The third-order valence-corrected chi connectivity index (χ3v) is 1.90. The lowest BCUT2D eigenvalue weighted by Crippen LogP contribution is -2.19. The SMILES string of the molecule is C1=C[C@H]2C=C[C@H]2[CH+]C1. The molecule has 2 atom stereocenters. The number of hydrogen-bond donors (Lipinski definition) is 0. The van der Waals surface area contributed by atoms with Crippen LogP contribution in [0.2, 0.25) is 0 Å². The molecule has 0 fully saturated rings. The van der Waals surface area contributed by atoms with Crippen LogP contribution in [0.3, 0.4) is 0 Å². The zero-order chi connectivity index (χ0) is 5.40. The summed E-state index contributed by atoms with van der Waals surface area (Å²) in [4.78, 5) is 0. The minimum absolute atomic E-state index is 0.767. The van der Waals surface area contributed by atoms with Crippen molar-refractivity contribution in [3.05, 3.63) is 30.7 Å². The fourth-order valence-electron chi connectivity index (χ4n) is 1.27. The van der Waals surface area contributed by atoms with Gasteiger partial charge in [0.05, 0.1) is 6.42 Å². The molecule has 0 aliphatic heterocycles. The summed E-state index contributed by atoms with van der Waals surface area (Å²) in [5, 5.41) is 0. The topological polar surface area (TPSA) is 0 Å². The predicted molar refractivity (Wildman–Crippen MR) is 34.2 cm³/mol. The molecular formula is C8H9+. The Morgan fingerprint density at radius 1 is 1.25 bits per heavy atom. The molecule has 0 aromatic heterocycles. The van der Waals surface area contributed by atoms with Crippen molar-refractivity contribution in [2.75, 3.05) is 0 Å². The van der Waals surface area contributed by atoms with Crippen LogP contribution in [0.25, 0.3) is 0 Å². The van der Waals surface area contributed by atoms with Gasteiger partial charge in [0.25, 0.3) is 0 Å². The maximum absolute atomic E-state index is 2.37. The summed E-state index contributed by atoms with van der Waals surface area (Å²) in [5.41, 5.74) is 0. The van der Waals surface area contributed by atoms with Crippen LogP contribution in [0.15, 0.2) is 24.3 Å². The molecule has 2 aliphatic rings. The van der Waals surface area contributed by atoms with E-state index in [1.54, 1.807) is 0 Å². The maximum atomic E-state index is 2.37. The summed E-state index contributed by atoms with van der Waals surface area (Å²) in [7, 11) is 0. The molecule has 0 radical (unpaired) electrons. The quantitative estimate of drug-likeness (QED) is 0.326. The van der Waals surface area contributed by atoms with Crippen LogP contribution in [0.4, 0.5) is 0 Å². The van der Waals surface area contributed by atoms with Gasteiger partial charge in [-0.2, -0.15) is 0 Å². The highest BCUT2D eigenvalue weighted by atomic mass is 14.3. The van der Waals surface area contributed by atoms with Gasteiger partial charge in [0.2, 0.25) is 0 Å².